The predicted molar refractivity (Wildman–Crippen MR) is 121 cm³/mol. The molecule has 1 heterocycles. The number of ketones is 1. The first-order valence-electron chi connectivity index (χ1n) is 10.3. The van der Waals surface area contributed by atoms with Crippen molar-refractivity contribution >= 4 is 22.5 Å². The summed E-state index contributed by atoms with van der Waals surface area (Å²) in [6.07, 6.45) is 0. The van der Waals surface area contributed by atoms with Crippen LogP contribution in [0, 0.1) is 0 Å². The Labute approximate surface area is 185 Å². The average molecular weight is 424 g/mol. The van der Waals surface area contributed by atoms with E-state index in [4.69, 9.17) is 14.2 Å². The number of ether oxygens (including phenoxy) is 3. The van der Waals surface area contributed by atoms with Gasteiger partial charge in [0.15, 0.2) is 12.4 Å². The second-order valence-corrected chi connectivity index (χ2v) is 7.57. The van der Waals surface area contributed by atoms with Gasteiger partial charge in [0, 0.05) is 16.7 Å². The van der Waals surface area contributed by atoms with Crippen LogP contribution in [0.2, 0.25) is 0 Å². The summed E-state index contributed by atoms with van der Waals surface area (Å²) in [5.41, 5.74) is 1.94. The summed E-state index contributed by atoms with van der Waals surface area (Å²) in [6, 6.07) is 25.8. The van der Waals surface area contributed by atoms with E-state index in [0.717, 1.165) is 27.6 Å². The van der Waals surface area contributed by atoms with Gasteiger partial charge in [0.1, 0.15) is 23.2 Å². The van der Waals surface area contributed by atoms with Crippen LogP contribution in [0.15, 0.2) is 84.9 Å². The highest BCUT2D eigenvalue weighted by Crippen LogP contribution is 2.44. The predicted octanol–water partition coefficient (Wildman–Crippen LogP) is 5.51. The van der Waals surface area contributed by atoms with Gasteiger partial charge < -0.3 is 14.2 Å². The molecule has 0 N–H and O–H groups in total. The first-order valence-corrected chi connectivity index (χ1v) is 10.3. The normalized spacial score (nSPS) is 12.4. The number of benzene rings is 4. The van der Waals surface area contributed by atoms with Gasteiger partial charge in [-0.15, -0.1) is 0 Å². The first-order chi connectivity index (χ1) is 15.6. The van der Waals surface area contributed by atoms with Crippen LogP contribution in [0.1, 0.15) is 27.4 Å². The third kappa shape index (κ3) is 3.58. The van der Waals surface area contributed by atoms with E-state index in [0.29, 0.717) is 17.1 Å². The molecule has 0 atom stereocenters. The minimum Gasteiger partial charge on any atom is -0.497 e. The molecule has 0 aliphatic carbocycles. The molecule has 0 amide bonds. The lowest BCUT2D eigenvalue weighted by Crippen LogP contribution is -2.23. The summed E-state index contributed by atoms with van der Waals surface area (Å²) in [6.45, 7) is -0.331. The number of rotatable bonds is 5. The summed E-state index contributed by atoms with van der Waals surface area (Å²) in [4.78, 5) is 25.9. The van der Waals surface area contributed by atoms with Crippen LogP contribution in [0.3, 0.4) is 0 Å². The number of fused-ring (bicyclic) bond motifs is 3. The Balaban J connectivity index is 1.36. The molecule has 0 radical (unpaired) electrons. The highest BCUT2D eigenvalue weighted by atomic mass is 16.5. The van der Waals surface area contributed by atoms with Crippen LogP contribution in [0.25, 0.3) is 10.8 Å². The number of esters is 1. The maximum Gasteiger partial charge on any atom is 0.318 e. The van der Waals surface area contributed by atoms with Crippen molar-refractivity contribution in [2.75, 3.05) is 13.7 Å². The molecule has 5 nitrogen and oxygen atoms in total. The van der Waals surface area contributed by atoms with Crippen LogP contribution < -0.4 is 9.47 Å². The molecular formula is C27H20O5. The van der Waals surface area contributed by atoms with Gasteiger partial charge >= 0.3 is 5.97 Å². The standard InChI is InChI=1S/C27H20O5/c1-30-20-13-12-17-14-19(11-10-18(17)15-20)23(28)16-31-27(29)26-21-6-2-4-8-24(21)32-25-9-5-3-7-22(25)26/h2-15,26H,16H2,1H3. The summed E-state index contributed by atoms with van der Waals surface area (Å²) < 4.78 is 16.7. The minimum atomic E-state index is -0.645. The van der Waals surface area contributed by atoms with Gasteiger partial charge in [-0.1, -0.05) is 54.6 Å². The molecule has 0 fully saturated rings. The molecule has 0 saturated heterocycles. The van der Waals surface area contributed by atoms with Gasteiger partial charge in [-0.2, -0.15) is 0 Å². The zero-order valence-electron chi connectivity index (χ0n) is 17.4. The van der Waals surface area contributed by atoms with E-state index >= 15 is 0 Å². The van der Waals surface area contributed by atoms with Crippen LogP contribution in [-0.4, -0.2) is 25.5 Å². The molecule has 32 heavy (non-hydrogen) atoms. The Bertz CT molecular complexity index is 1300. The summed E-state index contributed by atoms with van der Waals surface area (Å²) in [5, 5.41) is 1.88. The average Bonchev–Trinajstić information content (AvgIpc) is 2.84. The van der Waals surface area contributed by atoms with Gasteiger partial charge in [-0.05, 0) is 41.1 Å². The smallest absolute Gasteiger partial charge is 0.318 e. The molecule has 5 rings (SSSR count). The topological polar surface area (TPSA) is 61.8 Å². The summed E-state index contributed by atoms with van der Waals surface area (Å²) in [5.74, 6) is 0.598. The second-order valence-electron chi connectivity index (χ2n) is 7.57. The molecule has 4 aromatic carbocycles. The number of hydrogen-bond donors (Lipinski definition) is 0. The molecule has 1 aliphatic heterocycles. The van der Waals surface area contributed by atoms with Crippen molar-refractivity contribution in [3.8, 4) is 17.2 Å². The SMILES string of the molecule is COc1ccc2cc(C(=O)COC(=O)C3c4ccccc4Oc4ccccc43)ccc2c1. The fraction of sp³-hybridized carbons (Fsp3) is 0.111. The number of carbonyl (C=O) groups excluding carboxylic acids is 2. The van der Waals surface area contributed by atoms with Crippen molar-refractivity contribution in [1.82, 2.24) is 0 Å². The first kappa shape index (κ1) is 19.8. The molecule has 1 aliphatic rings. The monoisotopic (exact) mass is 424 g/mol. The molecule has 4 aromatic rings. The fourth-order valence-corrected chi connectivity index (χ4v) is 3.99. The summed E-state index contributed by atoms with van der Waals surface area (Å²) >= 11 is 0. The number of hydrogen-bond acceptors (Lipinski definition) is 5. The molecule has 0 unspecified atom stereocenters. The van der Waals surface area contributed by atoms with E-state index in [2.05, 4.69) is 0 Å². The maximum absolute atomic E-state index is 13.1. The quantitative estimate of drug-likeness (QED) is 0.312. The lowest BCUT2D eigenvalue weighted by molar-refractivity contribution is -0.143. The van der Waals surface area contributed by atoms with Crippen LogP contribution in [0.4, 0.5) is 0 Å². The Morgan fingerprint density at radius 2 is 1.44 bits per heavy atom. The Hall–Kier alpha value is -4.12. The molecule has 0 bridgehead atoms. The van der Waals surface area contributed by atoms with Crippen molar-refractivity contribution in [3.05, 3.63) is 102 Å². The van der Waals surface area contributed by atoms with E-state index in [1.54, 1.807) is 19.2 Å². The molecule has 0 aromatic heterocycles. The molecule has 158 valence electrons. The van der Waals surface area contributed by atoms with Gasteiger partial charge in [0.2, 0.25) is 0 Å². The number of para-hydroxylation sites is 2. The van der Waals surface area contributed by atoms with Gasteiger partial charge in [0.25, 0.3) is 0 Å². The highest BCUT2D eigenvalue weighted by molar-refractivity contribution is 6.02. The Morgan fingerprint density at radius 3 is 2.12 bits per heavy atom. The molecule has 0 spiro atoms. The number of methoxy groups -OCH3 is 1. The van der Waals surface area contributed by atoms with Gasteiger partial charge in [0.05, 0.1) is 7.11 Å². The largest absolute Gasteiger partial charge is 0.497 e. The van der Waals surface area contributed by atoms with Crippen molar-refractivity contribution in [2.45, 2.75) is 5.92 Å². The zero-order valence-corrected chi connectivity index (χ0v) is 17.4. The fourth-order valence-electron chi connectivity index (χ4n) is 3.99. The zero-order chi connectivity index (χ0) is 22.1. The molecule has 5 heteroatoms. The lowest BCUT2D eigenvalue weighted by atomic mass is 9.88. The minimum absolute atomic E-state index is 0.260. The van der Waals surface area contributed by atoms with E-state index in [1.807, 2.05) is 72.8 Å². The number of Topliss-reactive ketones (excluding diaryl/α,β-unsaturated/α-hetero) is 1. The maximum atomic E-state index is 13.1. The third-order valence-corrected chi connectivity index (χ3v) is 5.63. The summed E-state index contributed by atoms with van der Waals surface area (Å²) in [7, 11) is 1.61. The van der Waals surface area contributed by atoms with Crippen molar-refractivity contribution in [1.29, 1.82) is 0 Å². The van der Waals surface area contributed by atoms with E-state index in [9.17, 15) is 9.59 Å². The third-order valence-electron chi connectivity index (χ3n) is 5.63. The molecule has 0 saturated carbocycles. The van der Waals surface area contributed by atoms with E-state index in [-0.39, 0.29) is 12.4 Å². The van der Waals surface area contributed by atoms with Crippen molar-refractivity contribution in [3.63, 3.8) is 0 Å². The number of carbonyl (C=O) groups is 2. The lowest BCUT2D eigenvalue weighted by Gasteiger charge is -2.26. The molecular weight excluding hydrogens is 404 g/mol. The van der Waals surface area contributed by atoms with Gasteiger partial charge in [-0.25, -0.2) is 0 Å². The van der Waals surface area contributed by atoms with Gasteiger partial charge in [-0.3, -0.25) is 9.59 Å². The van der Waals surface area contributed by atoms with E-state index < -0.39 is 11.9 Å². The Morgan fingerprint density at radius 1 is 0.812 bits per heavy atom. The Kier molecular flexibility index (Phi) is 5.07. The van der Waals surface area contributed by atoms with Crippen LogP contribution in [-0.2, 0) is 9.53 Å². The second kappa shape index (κ2) is 8.19. The van der Waals surface area contributed by atoms with Crippen molar-refractivity contribution in [2.24, 2.45) is 0 Å². The van der Waals surface area contributed by atoms with Crippen molar-refractivity contribution < 1.29 is 23.8 Å². The highest BCUT2D eigenvalue weighted by Gasteiger charge is 2.33. The van der Waals surface area contributed by atoms with E-state index in [1.165, 1.54) is 0 Å². The van der Waals surface area contributed by atoms with Crippen LogP contribution in [0.5, 0.6) is 17.2 Å². The van der Waals surface area contributed by atoms with Crippen LogP contribution >= 0.6 is 0 Å².